The lowest BCUT2D eigenvalue weighted by Crippen LogP contribution is -2.45. The van der Waals surface area contributed by atoms with E-state index in [0.717, 1.165) is 48.5 Å². The molecule has 3 rings (SSSR count). The maximum atomic E-state index is 12.3. The minimum absolute atomic E-state index is 0.0241. The molecule has 27 heavy (non-hydrogen) atoms. The van der Waals surface area contributed by atoms with Gasteiger partial charge in [0.15, 0.2) is 5.82 Å². The predicted molar refractivity (Wildman–Crippen MR) is 106 cm³/mol. The molecule has 1 N–H and O–H groups in total. The highest BCUT2D eigenvalue weighted by Crippen LogP contribution is 2.30. The van der Waals surface area contributed by atoms with E-state index >= 15 is 0 Å². The molecule has 0 aromatic carbocycles. The highest BCUT2D eigenvalue weighted by atomic mass is 16.2. The van der Waals surface area contributed by atoms with Gasteiger partial charge in [-0.15, -0.1) is 0 Å². The molecule has 2 heterocycles. The number of hydrogen-bond donors (Lipinski definition) is 1. The average molecular weight is 368 g/mol. The summed E-state index contributed by atoms with van der Waals surface area (Å²) in [6.45, 7) is 8.23. The molecular weight excluding hydrogens is 340 g/mol. The minimum Gasteiger partial charge on any atom is -0.350 e. The molecule has 0 radical (unpaired) electrons. The molecule has 144 valence electrons. The van der Waals surface area contributed by atoms with Gasteiger partial charge in [-0.3, -0.25) is 9.78 Å². The Labute approximate surface area is 160 Å². The third-order valence-corrected chi connectivity index (χ3v) is 4.46. The van der Waals surface area contributed by atoms with Crippen molar-refractivity contribution in [3.05, 3.63) is 29.3 Å². The monoisotopic (exact) mass is 368 g/mol. The van der Waals surface area contributed by atoms with Gasteiger partial charge in [0, 0.05) is 30.0 Å². The number of hydrogen-bond acceptors (Lipinski definition) is 6. The molecule has 1 aliphatic rings. The summed E-state index contributed by atoms with van der Waals surface area (Å²) in [6, 6.07) is 0. The van der Waals surface area contributed by atoms with E-state index in [-0.39, 0.29) is 18.0 Å². The van der Waals surface area contributed by atoms with Gasteiger partial charge >= 0.3 is 0 Å². The van der Waals surface area contributed by atoms with Crippen molar-refractivity contribution >= 4 is 11.7 Å². The average Bonchev–Trinajstić information content (AvgIpc) is 3.07. The van der Waals surface area contributed by atoms with Crippen LogP contribution in [0.2, 0.25) is 0 Å². The van der Waals surface area contributed by atoms with E-state index in [0.29, 0.717) is 11.5 Å². The SMILES string of the molecule is CCc1cnc(-c2nc3c(c(N(C)CC(=O)NC(C)(C)C)n2)CCC3)cn1. The summed E-state index contributed by atoms with van der Waals surface area (Å²) in [5, 5.41) is 3.00. The second kappa shape index (κ2) is 7.58. The van der Waals surface area contributed by atoms with Crippen molar-refractivity contribution in [3.8, 4) is 11.5 Å². The molecule has 0 fully saturated rings. The number of amides is 1. The van der Waals surface area contributed by atoms with Crippen molar-refractivity contribution < 1.29 is 4.79 Å². The first-order chi connectivity index (χ1) is 12.8. The van der Waals surface area contributed by atoms with Crippen molar-refractivity contribution in [2.75, 3.05) is 18.5 Å². The third-order valence-electron chi connectivity index (χ3n) is 4.46. The Balaban J connectivity index is 1.90. The second-order valence-corrected chi connectivity index (χ2v) is 8.05. The molecule has 0 bridgehead atoms. The van der Waals surface area contributed by atoms with Crippen LogP contribution in [0.15, 0.2) is 12.4 Å². The molecule has 2 aromatic rings. The summed E-state index contributed by atoms with van der Waals surface area (Å²) in [5.41, 5.74) is 3.54. The zero-order valence-electron chi connectivity index (χ0n) is 16.8. The number of fused-ring (bicyclic) bond motifs is 1. The molecule has 0 unspecified atom stereocenters. The third kappa shape index (κ3) is 4.59. The Bertz CT molecular complexity index is 826. The largest absolute Gasteiger partial charge is 0.350 e. The first-order valence-corrected chi connectivity index (χ1v) is 9.50. The Morgan fingerprint density at radius 2 is 1.96 bits per heavy atom. The summed E-state index contributed by atoms with van der Waals surface area (Å²) in [4.78, 5) is 32.6. The molecule has 7 nitrogen and oxygen atoms in total. The first-order valence-electron chi connectivity index (χ1n) is 9.50. The van der Waals surface area contributed by atoms with Crippen LogP contribution in [0.3, 0.4) is 0 Å². The van der Waals surface area contributed by atoms with E-state index < -0.39 is 0 Å². The fraction of sp³-hybridized carbons (Fsp3) is 0.550. The number of carbonyl (C=O) groups excluding carboxylic acids is 1. The van der Waals surface area contributed by atoms with Gasteiger partial charge in [-0.25, -0.2) is 15.0 Å². The van der Waals surface area contributed by atoms with Gasteiger partial charge in [0.1, 0.15) is 11.5 Å². The molecule has 0 aliphatic heterocycles. The lowest BCUT2D eigenvalue weighted by molar-refractivity contribution is -0.121. The lowest BCUT2D eigenvalue weighted by Gasteiger charge is -2.25. The van der Waals surface area contributed by atoms with Crippen molar-refractivity contribution in [2.24, 2.45) is 0 Å². The molecule has 0 saturated carbocycles. The van der Waals surface area contributed by atoms with Crippen molar-refractivity contribution in [1.29, 1.82) is 0 Å². The van der Waals surface area contributed by atoms with Gasteiger partial charge in [0.25, 0.3) is 0 Å². The van der Waals surface area contributed by atoms with Gasteiger partial charge < -0.3 is 10.2 Å². The molecule has 0 saturated heterocycles. The van der Waals surface area contributed by atoms with Gasteiger partial charge in [-0.05, 0) is 46.5 Å². The van der Waals surface area contributed by atoms with Crippen LogP contribution in [-0.2, 0) is 24.1 Å². The van der Waals surface area contributed by atoms with Crippen molar-refractivity contribution in [2.45, 2.75) is 58.9 Å². The zero-order chi connectivity index (χ0) is 19.6. The first kappa shape index (κ1) is 19.2. The standard InChI is InChI=1S/C20H28N6O/c1-6-13-10-22-16(11-21-13)18-23-15-9-7-8-14(15)19(24-18)26(5)12-17(27)25-20(2,3)4/h10-11H,6-9,12H2,1-5H3,(H,25,27). The van der Waals surface area contributed by atoms with E-state index in [1.165, 1.54) is 0 Å². The van der Waals surface area contributed by atoms with E-state index in [1.54, 1.807) is 12.4 Å². The summed E-state index contributed by atoms with van der Waals surface area (Å²) >= 11 is 0. The van der Waals surface area contributed by atoms with Crippen LogP contribution in [0.1, 0.15) is 51.1 Å². The summed E-state index contributed by atoms with van der Waals surface area (Å²) in [5.74, 6) is 1.37. The Hall–Kier alpha value is -2.57. The second-order valence-electron chi connectivity index (χ2n) is 8.05. The summed E-state index contributed by atoms with van der Waals surface area (Å²) in [7, 11) is 1.90. The van der Waals surface area contributed by atoms with Crippen molar-refractivity contribution in [1.82, 2.24) is 25.3 Å². The fourth-order valence-corrected chi connectivity index (χ4v) is 3.24. The van der Waals surface area contributed by atoms with Gasteiger partial charge in [0.05, 0.1) is 18.4 Å². The topological polar surface area (TPSA) is 83.9 Å². The fourth-order valence-electron chi connectivity index (χ4n) is 3.24. The van der Waals surface area contributed by atoms with E-state index in [4.69, 9.17) is 9.97 Å². The molecule has 1 aliphatic carbocycles. The number of nitrogens with zero attached hydrogens (tertiary/aromatic N) is 5. The number of carbonyl (C=O) groups is 1. The number of nitrogens with one attached hydrogen (secondary N) is 1. The quantitative estimate of drug-likeness (QED) is 0.872. The Morgan fingerprint density at radius 3 is 2.59 bits per heavy atom. The highest BCUT2D eigenvalue weighted by molar-refractivity contribution is 5.82. The molecule has 2 aromatic heterocycles. The molecular formula is C20H28N6O. The van der Waals surface area contributed by atoms with Crippen LogP contribution in [-0.4, -0.2) is 45.0 Å². The highest BCUT2D eigenvalue weighted by Gasteiger charge is 2.24. The molecule has 1 amide bonds. The van der Waals surface area contributed by atoms with Gasteiger partial charge in [0.2, 0.25) is 5.91 Å². The molecule has 0 spiro atoms. The van der Waals surface area contributed by atoms with Crippen LogP contribution in [0, 0.1) is 0 Å². The van der Waals surface area contributed by atoms with Crippen LogP contribution in [0.25, 0.3) is 11.5 Å². The predicted octanol–water partition coefficient (Wildman–Crippen LogP) is 2.34. The Kier molecular flexibility index (Phi) is 5.39. The maximum Gasteiger partial charge on any atom is 0.239 e. The van der Waals surface area contributed by atoms with Crippen LogP contribution in [0.5, 0.6) is 0 Å². The normalized spacial score (nSPS) is 13.4. The number of anilines is 1. The van der Waals surface area contributed by atoms with E-state index in [9.17, 15) is 4.79 Å². The number of aromatic nitrogens is 4. The van der Waals surface area contributed by atoms with Crippen molar-refractivity contribution in [3.63, 3.8) is 0 Å². The summed E-state index contributed by atoms with van der Waals surface area (Å²) in [6.07, 6.45) is 7.27. The van der Waals surface area contributed by atoms with Gasteiger partial charge in [-0.1, -0.05) is 6.92 Å². The number of rotatable bonds is 5. The van der Waals surface area contributed by atoms with E-state index in [1.807, 2.05) is 39.6 Å². The maximum absolute atomic E-state index is 12.3. The Morgan fingerprint density at radius 1 is 1.19 bits per heavy atom. The number of likely N-dealkylation sites (N-methyl/N-ethyl adjacent to an activating group) is 1. The molecule has 7 heteroatoms. The summed E-state index contributed by atoms with van der Waals surface area (Å²) < 4.78 is 0. The van der Waals surface area contributed by atoms with Crippen LogP contribution in [0.4, 0.5) is 5.82 Å². The van der Waals surface area contributed by atoms with Crippen LogP contribution < -0.4 is 10.2 Å². The van der Waals surface area contributed by atoms with Gasteiger partial charge in [-0.2, -0.15) is 0 Å². The number of aryl methyl sites for hydroxylation is 2. The minimum atomic E-state index is -0.257. The van der Waals surface area contributed by atoms with E-state index in [2.05, 4.69) is 15.3 Å². The van der Waals surface area contributed by atoms with Crippen LogP contribution >= 0.6 is 0 Å². The zero-order valence-corrected chi connectivity index (χ0v) is 16.8. The lowest BCUT2D eigenvalue weighted by atomic mass is 10.1. The smallest absolute Gasteiger partial charge is 0.239 e. The molecule has 0 atom stereocenters.